The van der Waals surface area contributed by atoms with Gasteiger partial charge in [-0.05, 0) is 36.8 Å². The van der Waals surface area contributed by atoms with E-state index < -0.39 is 6.04 Å². The highest BCUT2D eigenvalue weighted by molar-refractivity contribution is 5.82. The first kappa shape index (κ1) is 18.7. The van der Waals surface area contributed by atoms with Crippen LogP contribution in [0.4, 0.5) is 0 Å². The number of H-pyrrole nitrogens is 1. The Morgan fingerprint density at radius 2 is 1.89 bits per heavy atom. The molecule has 27 heavy (non-hydrogen) atoms. The monoisotopic (exact) mass is 365 g/mol. The zero-order valence-electron chi connectivity index (χ0n) is 15.4. The van der Waals surface area contributed by atoms with Gasteiger partial charge in [0.2, 0.25) is 5.91 Å². The maximum absolute atomic E-state index is 12.6. The maximum atomic E-state index is 12.6. The number of carbonyl (C=O) groups is 1. The van der Waals surface area contributed by atoms with Crippen LogP contribution in [0.25, 0.3) is 11.3 Å². The van der Waals surface area contributed by atoms with E-state index in [0.717, 1.165) is 33.8 Å². The summed E-state index contributed by atoms with van der Waals surface area (Å²) in [7, 11) is 1.62. The molecule has 3 rings (SSSR count). The van der Waals surface area contributed by atoms with Crippen molar-refractivity contribution in [3.8, 4) is 17.0 Å². The number of aromatic nitrogens is 2. The van der Waals surface area contributed by atoms with Crippen molar-refractivity contribution in [3.05, 3.63) is 71.4 Å². The number of ether oxygens (including phenoxy) is 1. The van der Waals surface area contributed by atoms with E-state index in [1.54, 1.807) is 7.11 Å². The van der Waals surface area contributed by atoms with Gasteiger partial charge in [0, 0.05) is 16.8 Å². The third-order valence-electron chi connectivity index (χ3n) is 4.49. The van der Waals surface area contributed by atoms with Gasteiger partial charge in [-0.15, -0.1) is 0 Å². The molecule has 140 valence electrons. The van der Waals surface area contributed by atoms with Crippen molar-refractivity contribution in [2.24, 2.45) is 0 Å². The van der Waals surface area contributed by atoms with E-state index in [4.69, 9.17) is 4.74 Å². The number of aliphatic hydroxyl groups excluding tert-OH is 1. The molecule has 1 amide bonds. The van der Waals surface area contributed by atoms with Crippen molar-refractivity contribution < 1.29 is 14.6 Å². The Balaban J connectivity index is 1.77. The standard InChI is InChI=1S/C21H23N3O3/c1-14-18(21(24-23-14)16-8-10-17(27-2)11-9-16)12-20(26)22-19(13-25)15-6-4-3-5-7-15/h3-11,19,25H,12-13H2,1-2H3,(H,22,26)(H,23,24)/t19-/m0/s1. The average Bonchev–Trinajstić information content (AvgIpc) is 3.07. The van der Waals surface area contributed by atoms with Gasteiger partial charge in [0.25, 0.3) is 0 Å². The van der Waals surface area contributed by atoms with Crippen LogP contribution in [0, 0.1) is 6.92 Å². The zero-order valence-corrected chi connectivity index (χ0v) is 15.4. The molecule has 1 atom stereocenters. The van der Waals surface area contributed by atoms with E-state index in [-0.39, 0.29) is 18.9 Å². The number of aliphatic hydroxyl groups is 1. The third kappa shape index (κ3) is 4.35. The van der Waals surface area contributed by atoms with Crippen molar-refractivity contribution in [1.29, 1.82) is 0 Å². The summed E-state index contributed by atoms with van der Waals surface area (Å²) in [6.07, 6.45) is 0.174. The van der Waals surface area contributed by atoms with Crippen molar-refractivity contribution in [2.45, 2.75) is 19.4 Å². The molecule has 0 aliphatic rings. The predicted molar refractivity (Wildman–Crippen MR) is 103 cm³/mol. The number of aromatic amines is 1. The summed E-state index contributed by atoms with van der Waals surface area (Å²) >= 11 is 0. The summed E-state index contributed by atoms with van der Waals surface area (Å²) < 4.78 is 5.19. The minimum atomic E-state index is -0.435. The fourth-order valence-electron chi connectivity index (χ4n) is 2.98. The molecule has 0 saturated heterocycles. The highest BCUT2D eigenvalue weighted by Gasteiger charge is 2.19. The lowest BCUT2D eigenvalue weighted by molar-refractivity contribution is -0.121. The zero-order chi connectivity index (χ0) is 19.2. The van der Waals surface area contributed by atoms with Crippen LogP contribution in [0.3, 0.4) is 0 Å². The van der Waals surface area contributed by atoms with Gasteiger partial charge in [-0.1, -0.05) is 30.3 Å². The van der Waals surface area contributed by atoms with Crippen LogP contribution in [0.2, 0.25) is 0 Å². The van der Waals surface area contributed by atoms with Crippen LogP contribution in [0.5, 0.6) is 5.75 Å². The van der Waals surface area contributed by atoms with E-state index in [9.17, 15) is 9.90 Å². The number of rotatable bonds is 7. The Hall–Kier alpha value is -3.12. The molecule has 3 aromatic rings. The molecule has 6 nitrogen and oxygen atoms in total. The van der Waals surface area contributed by atoms with E-state index in [1.165, 1.54) is 0 Å². The number of amides is 1. The number of nitrogens with one attached hydrogen (secondary N) is 2. The molecule has 0 spiro atoms. The van der Waals surface area contributed by atoms with Crippen LogP contribution in [-0.4, -0.2) is 34.9 Å². The average molecular weight is 365 g/mol. The van der Waals surface area contributed by atoms with Gasteiger partial charge in [0.15, 0.2) is 0 Å². The molecule has 0 aliphatic heterocycles. The minimum absolute atomic E-state index is 0.161. The largest absolute Gasteiger partial charge is 0.497 e. The first-order chi connectivity index (χ1) is 13.1. The topological polar surface area (TPSA) is 87.2 Å². The highest BCUT2D eigenvalue weighted by Crippen LogP contribution is 2.26. The molecule has 0 aliphatic carbocycles. The molecule has 0 unspecified atom stereocenters. The van der Waals surface area contributed by atoms with E-state index >= 15 is 0 Å². The second kappa shape index (κ2) is 8.51. The van der Waals surface area contributed by atoms with Crippen molar-refractivity contribution in [3.63, 3.8) is 0 Å². The summed E-state index contributed by atoms with van der Waals surface area (Å²) in [6, 6.07) is 16.5. The van der Waals surface area contributed by atoms with Crippen LogP contribution < -0.4 is 10.1 Å². The summed E-state index contributed by atoms with van der Waals surface area (Å²) in [4.78, 5) is 12.6. The fraction of sp³-hybridized carbons (Fsp3) is 0.238. The molecule has 0 saturated carbocycles. The SMILES string of the molecule is COc1ccc(-c2n[nH]c(C)c2CC(=O)N[C@@H](CO)c2ccccc2)cc1. The van der Waals surface area contributed by atoms with Gasteiger partial charge in [-0.3, -0.25) is 9.89 Å². The van der Waals surface area contributed by atoms with Gasteiger partial charge in [0.1, 0.15) is 5.75 Å². The minimum Gasteiger partial charge on any atom is -0.497 e. The Bertz CT molecular complexity index is 889. The smallest absolute Gasteiger partial charge is 0.225 e. The molecule has 0 fully saturated rings. The Kier molecular flexibility index (Phi) is 5.88. The van der Waals surface area contributed by atoms with E-state index in [2.05, 4.69) is 15.5 Å². The molecule has 0 radical (unpaired) electrons. The Morgan fingerprint density at radius 3 is 2.52 bits per heavy atom. The maximum Gasteiger partial charge on any atom is 0.225 e. The summed E-state index contributed by atoms with van der Waals surface area (Å²) in [5.41, 5.74) is 4.20. The number of aryl methyl sites for hydroxylation is 1. The second-order valence-electron chi connectivity index (χ2n) is 6.29. The Labute approximate surface area is 158 Å². The summed E-state index contributed by atoms with van der Waals surface area (Å²) in [5.74, 6) is 0.594. The van der Waals surface area contributed by atoms with Gasteiger partial charge in [-0.25, -0.2) is 0 Å². The molecule has 3 N–H and O–H groups in total. The molecule has 0 bridgehead atoms. The number of methoxy groups -OCH3 is 1. The van der Waals surface area contributed by atoms with Crippen LogP contribution in [-0.2, 0) is 11.2 Å². The van der Waals surface area contributed by atoms with Crippen LogP contribution >= 0.6 is 0 Å². The number of hydrogen-bond donors (Lipinski definition) is 3. The fourth-order valence-corrected chi connectivity index (χ4v) is 2.98. The molecular weight excluding hydrogens is 342 g/mol. The lowest BCUT2D eigenvalue weighted by atomic mass is 10.0. The molecular formula is C21H23N3O3. The Morgan fingerprint density at radius 1 is 1.19 bits per heavy atom. The lowest BCUT2D eigenvalue weighted by Gasteiger charge is -2.17. The first-order valence-electron chi connectivity index (χ1n) is 8.75. The van der Waals surface area contributed by atoms with Crippen molar-refractivity contribution >= 4 is 5.91 Å². The van der Waals surface area contributed by atoms with Gasteiger partial charge >= 0.3 is 0 Å². The van der Waals surface area contributed by atoms with Crippen LogP contribution in [0.1, 0.15) is 22.9 Å². The molecule has 6 heteroatoms. The number of nitrogens with zero attached hydrogens (tertiary/aromatic N) is 1. The van der Waals surface area contributed by atoms with Gasteiger partial charge in [0.05, 0.1) is 31.9 Å². The number of benzene rings is 2. The summed E-state index contributed by atoms with van der Waals surface area (Å²) in [5, 5.41) is 19.9. The van der Waals surface area contributed by atoms with Crippen molar-refractivity contribution in [2.75, 3.05) is 13.7 Å². The second-order valence-corrected chi connectivity index (χ2v) is 6.29. The normalized spacial score (nSPS) is 11.8. The molecule has 1 aromatic heterocycles. The lowest BCUT2D eigenvalue weighted by Crippen LogP contribution is -2.32. The van der Waals surface area contributed by atoms with Crippen molar-refractivity contribution in [1.82, 2.24) is 15.5 Å². The van der Waals surface area contributed by atoms with Crippen LogP contribution in [0.15, 0.2) is 54.6 Å². The van der Waals surface area contributed by atoms with E-state index in [0.29, 0.717) is 0 Å². The number of carbonyl (C=O) groups excluding carboxylic acids is 1. The molecule has 2 aromatic carbocycles. The summed E-state index contributed by atoms with van der Waals surface area (Å²) in [6.45, 7) is 1.73. The van der Waals surface area contributed by atoms with E-state index in [1.807, 2.05) is 61.5 Å². The predicted octanol–water partition coefficient (Wildman–Crippen LogP) is 2.79. The molecule has 1 heterocycles. The number of hydrogen-bond acceptors (Lipinski definition) is 4. The van der Waals surface area contributed by atoms with Gasteiger partial charge < -0.3 is 15.2 Å². The highest BCUT2D eigenvalue weighted by atomic mass is 16.5. The third-order valence-corrected chi connectivity index (χ3v) is 4.49. The quantitative estimate of drug-likeness (QED) is 0.601. The first-order valence-corrected chi connectivity index (χ1v) is 8.75. The van der Waals surface area contributed by atoms with Gasteiger partial charge in [-0.2, -0.15) is 5.10 Å².